The molecule has 4 rings (SSSR count). The maximum absolute atomic E-state index is 10.2. The predicted molar refractivity (Wildman–Crippen MR) is 124 cm³/mol. The molecule has 0 aliphatic heterocycles. The summed E-state index contributed by atoms with van der Waals surface area (Å²) in [5.41, 5.74) is 5.53. The van der Waals surface area contributed by atoms with E-state index in [1.54, 1.807) is 5.57 Å². The van der Waals surface area contributed by atoms with Crippen LogP contribution in [0.15, 0.2) is 35.5 Å². The quantitative estimate of drug-likeness (QED) is 0.478. The van der Waals surface area contributed by atoms with Crippen LogP contribution in [-0.4, -0.2) is 11.2 Å². The lowest BCUT2D eigenvalue weighted by Gasteiger charge is -2.55. The Morgan fingerprint density at radius 3 is 2.55 bits per heavy atom. The van der Waals surface area contributed by atoms with E-state index in [0.717, 1.165) is 36.5 Å². The topological polar surface area (TPSA) is 20.2 Å². The molecule has 0 radical (unpaired) electrons. The van der Waals surface area contributed by atoms with Gasteiger partial charge in [0.1, 0.15) is 0 Å². The van der Waals surface area contributed by atoms with Crippen molar-refractivity contribution < 1.29 is 5.11 Å². The van der Waals surface area contributed by atoms with Gasteiger partial charge in [-0.25, -0.2) is 0 Å². The summed E-state index contributed by atoms with van der Waals surface area (Å²) in [7, 11) is 0. The fraction of sp³-hybridized carbons (Fsp3) is 0.786. The molecule has 0 saturated heterocycles. The summed E-state index contributed by atoms with van der Waals surface area (Å²) in [6.07, 6.45) is 15.9. The van der Waals surface area contributed by atoms with Crippen LogP contribution in [0, 0.1) is 40.4 Å². The zero-order valence-electron chi connectivity index (χ0n) is 19.6. The van der Waals surface area contributed by atoms with Crippen LogP contribution in [0.1, 0.15) is 92.4 Å². The van der Waals surface area contributed by atoms with Crippen molar-refractivity contribution in [2.45, 2.75) is 98.5 Å². The Balaban J connectivity index is 1.53. The molecule has 1 heteroatoms. The van der Waals surface area contributed by atoms with Gasteiger partial charge in [-0.15, -0.1) is 0 Å². The van der Waals surface area contributed by atoms with Gasteiger partial charge in [0.15, 0.2) is 0 Å². The van der Waals surface area contributed by atoms with E-state index in [2.05, 4.69) is 53.3 Å². The second-order valence-electron chi connectivity index (χ2n) is 11.8. The third kappa shape index (κ3) is 3.50. The fourth-order valence-corrected chi connectivity index (χ4v) is 7.86. The van der Waals surface area contributed by atoms with Crippen LogP contribution in [0.2, 0.25) is 0 Å². The summed E-state index contributed by atoms with van der Waals surface area (Å²) in [6.45, 7) is 16.6. The van der Waals surface area contributed by atoms with Gasteiger partial charge in [0, 0.05) is 0 Å². The molecule has 1 nitrogen and oxygen atoms in total. The van der Waals surface area contributed by atoms with Crippen molar-refractivity contribution in [3.8, 4) is 0 Å². The van der Waals surface area contributed by atoms with Crippen molar-refractivity contribution in [2.24, 2.45) is 40.4 Å². The van der Waals surface area contributed by atoms with E-state index in [1.165, 1.54) is 56.1 Å². The van der Waals surface area contributed by atoms with Crippen LogP contribution in [0.5, 0.6) is 0 Å². The maximum atomic E-state index is 10.2. The molecule has 29 heavy (non-hydrogen) atoms. The van der Waals surface area contributed by atoms with Gasteiger partial charge >= 0.3 is 0 Å². The summed E-state index contributed by atoms with van der Waals surface area (Å²) >= 11 is 0. The number of allylic oxidation sites excluding steroid dienone is 4. The third-order valence-electron chi connectivity index (χ3n) is 10.0. The molecule has 0 amide bonds. The standard InChI is InChI=1S/C28H44O/c1-18(2)19(3)7-8-20(4)24-11-12-25-23-10-9-21-17-22(29)13-15-27(21,5)26(23)14-16-28(24,25)6/h9-10,18,20,22,24-26,29H,3,7-8,11-17H2,1-2,4-6H3/t20-,22+,24-,25?,26?,27+,28-/m1/s1. The normalized spacial score (nSPS) is 42.4. The van der Waals surface area contributed by atoms with Crippen molar-refractivity contribution in [3.05, 3.63) is 35.5 Å². The maximum Gasteiger partial charge on any atom is 0.0578 e. The second kappa shape index (κ2) is 7.70. The van der Waals surface area contributed by atoms with Gasteiger partial charge in [-0.3, -0.25) is 0 Å². The number of aliphatic hydroxyl groups is 1. The van der Waals surface area contributed by atoms with Crippen molar-refractivity contribution in [3.63, 3.8) is 0 Å². The van der Waals surface area contributed by atoms with Gasteiger partial charge in [-0.1, -0.05) is 70.1 Å². The van der Waals surface area contributed by atoms with E-state index in [0.29, 0.717) is 16.7 Å². The highest BCUT2D eigenvalue weighted by Gasteiger charge is 2.56. The average molecular weight is 397 g/mol. The summed E-state index contributed by atoms with van der Waals surface area (Å²) < 4.78 is 0. The summed E-state index contributed by atoms with van der Waals surface area (Å²) in [5, 5.41) is 10.2. The first-order valence-electron chi connectivity index (χ1n) is 12.4. The molecule has 3 fully saturated rings. The highest BCUT2D eigenvalue weighted by Crippen LogP contribution is 2.66. The third-order valence-corrected chi connectivity index (χ3v) is 10.0. The van der Waals surface area contributed by atoms with E-state index < -0.39 is 0 Å². The predicted octanol–water partition coefficient (Wildman–Crippen LogP) is 7.47. The Bertz CT molecular complexity index is 712. The molecule has 7 atom stereocenters. The number of hydrogen-bond donors (Lipinski definition) is 1. The molecule has 162 valence electrons. The van der Waals surface area contributed by atoms with E-state index in [-0.39, 0.29) is 6.10 Å². The van der Waals surface area contributed by atoms with Crippen LogP contribution < -0.4 is 0 Å². The van der Waals surface area contributed by atoms with Crippen LogP contribution in [0.25, 0.3) is 0 Å². The Morgan fingerprint density at radius 1 is 1.07 bits per heavy atom. The first-order chi connectivity index (χ1) is 13.7. The molecular weight excluding hydrogens is 352 g/mol. The number of rotatable bonds is 5. The molecule has 0 spiro atoms. The molecule has 3 saturated carbocycles. The highest BCUT2D eigenvalue weighted by atomic mass is 16.3. The van der Waals surface area contributed by atoms with E-state index in [9.17, 15) is 5.11 Å². The molecule has 4 aliphatic rings. The molecule has 0 aromatic carbocycles. The second-order valence-corrected chi connectivity index (χ2v) is 11.8. The van der Waals surface area contributed by atoms with Gasteiger partial charge in [0.2, 0.25) is 0 Å². The summed E-state index contributed by atoms with van der Waals surface area (Å²) in [4.78, 5) is 0. The monoisotopic (exact) mass is 396 g/mol. The zero-order chi connectivity index (χ0) is 21.0. The zero-order valence-corrected chi connectivity index (χ0v) is 19.6. The highest BCUT2D eigenvalue weighted by molar-refractivity contribution is 5.38. The molecule has 0 aromatic heterocycles. The average Bonchev–Trinajstić information content (AvgIpc) is 3.03. The summed E-state index contributed by atoms with van der Waals surface area (Å²) in [5.74, 6) is 3.78. The van der Waals surface area contributed by atoms with Gasteiger partial charge in [-0.05, 0) is 98.2 Å². The van der Waals surface area contributed by atoms with E-state index in [4.69, 9.17) is 0 Å². The minimum Gasteiger partial charge on any atom is -0.393 e. The lowest BCUT2D eigenvalue weighted by atomic mass is 9.50. The van der Waals surface area contributed by atoms with Crippen molar-refractivity contribution in [1.29, 1.82) is 0 Å². The molecule has 4 aliphatic carbocycles. The first-order valence-corrected chi connectivity index (χ1v) is 12.4. The van der Waals surface area contributed by atoms with Crippen LogP contribution in [0.3, 0.4) is 0 Å². The Hall–Kier alpha value is -0.820. The van der Waals surface area contributed by atoms with Gasteiger partial charge in [0.25, 0.3) is 0 Å². The fourth-order valence-electron chi connectivity index (χ4n) is 7.86. The molecule has 0 bridgehead atoms. The van der Waals surface area contributed by atoms with Crippen molar-refractivity contribution in [2.75, 3.05) is 0 Å². The largest absolute Gasteiger partial charge is 0.393 e. The Labute approximate surface area is 179 Å². The Morgan fingerprint density at radius 2 is 1.83 bits per heavy atom. The lowest BCUT2D eigenvalue weighted by Crippen LogP contribution is -2.46. The van der Waals surface area contributed by atoms with Crippen molar-refractivity contribution in [1.82, 2.24) is 0 Å². The lowest BCUT2D eigenvalue weighted by molar-refractivity contribution is 0.0326. The van der Waals surface area contributed by atoms with E-state index in [1.807, 2.05) is 0 Å². The van der Waals surface area contributed by atoms with Gasteiger partial charge in [-0.2, -0.15) is 0 Å². The van der Waals surface area contributed by atoms with Crippen LogP contribution in [-0.2, 0) is 0 Å². The van der Waals surface area contributed by atoms with Gasteiger partial charge in [0.05, 0.1) is 6.10 Å². The smallest absolute Gasteiger partial charge is 0.0578 e. The molecule has 1 N–H and O–H groups in total. The SMILES string of the molecule is C=C(CC[C@@H](C)[C@H]1CCC2C3=CC=C4C[C@@H](O)CC[C@]4(C)C3CC[C@@]21C)C(C)C. The summed E-state index contributed by atoms with van der Waals surface area (Å²) in [6, 6.07) is 0. The minimum absolute atomic E-state index is 0.115. The van der Waals surface area contributed by atoms with Crippen molar-refractivity contribution >= 4 is 0 Å². The molecule has 2 unspecified atom stereocenters. The first kappa shape index (κ1) is 21.4. The Kier molecular flexibility index (Phi) is 5.69. The minimum atomic E-state index is -0.115. The number of aliphatic hydroxyl groups excluding tert-OH is 1. The molecule has 0 aromatic rings. The van der Waals surface area contributed by atoms with Crippen LogP contribution >= 0.6 is 0 Å². The van der Waals surface area contributed by atoms with Gasteiger partial charge < -0.3 is 5.11 Å². The molecular formula is C28H44O. The van der Waals surface area contributed by atoms with Crippen LogP contribution in [0.4, 0.5) is 0 Å². The number of hydrogen-bond acceptors (Lipinski definition) is 1. The number of fused-ring (bicyclic) bond motifs is 5. The van der Waals surface area contributed by atoms with E-state index >= 15 is 0 Å². The molecule has 0 heterocycles.